The highest BCUT2D eigenvalue weighted by Gasteiger charge is 2.48. The molecule has 32 heavy (non-hydrogen) atoms. The number of amides is 3. The fraction of sp³-hybridized carbons (Fsp3) is 0.150. The summed E-state index contributed by atoms with van der Waals surface area (Å²) in [5, 5.41) is 12.6. The van der Waals surface area contributed by atoms with Crippen molar-refractivity contribution in [3.63, 3.8) is 0 Å². The number of esters is 1. The number of carbonyl (C=O) groups excluding carboxylic acids is 4. The molecular formula is C20H17N3O8S. The highest BCUT2D eigenvalue weighted by molar-refractivity contribution is 7.89. The monoisotopic (exact) mass is 459 g/mol. The van der Waals surface area contributed by atoms with Gasteiger partial charge in [-0.25, -0.2) is 4.79 Å². The minimum absolute atomic E-state index is 0.0208. The number of aryl methyl sites for hydroxylation is 1. The Morgan fingerprint density at radius 1 is 1.09 bits per heavy atom. The number of nitrogens with zero attached hydrogens (tertiary/aromatic N) is 3. The molecule has 0 radical (unpaired) electrons. The highest BCUT2D eigenvalue weighted by atomic mass is 32.2. The number of sulfonamides is 1. The standard InChI is InChI=1S/C20H17N3O8S/c1-12-6-8-15(9-7-12)32(29,30)23(13(2)24)22-18(26)16(17(25)19(22)27)21-10-4-5-14(11-21)20(28)31-3/h4-11H,1-3H3. The van der Waals surface area contributed by atoms with Gasteiger partial charge in [-0.15, -0.1) is 4.41 Å². The van der Waals surface area contributed by atoms with Crippen LogP contribution in [-0.2, 0) is 29.1 Å². The maximum atomic E-state index is 13.1. The Hall–Kier alpha value is -4.06. The van der Waals surface area contributed by atoms with E-state index in [9.17, 15) is 32.7 Å². The molecule has 0 saturated carbocycles. The van der Waals surface area contributed by atoms with Gasteiger partial charge in [-0.3, -0.25) is 14.4 Å². The summed E-state index contributed by atoms with van der Waals surface area (Å²) in [5.74, 6) is -6.19. The van der Waals surface area contributed by atoms with E-state index in [1.54, 1.807) is 6.92 Å². The van der Waals surface area contributed by atoms with Crippen LogP contribution in [-0.4, -0.2) is 48.6 Å². The summed E-state index contributed by atoms with van der Waals surface area (Å²) in [7, 11) is -3.57. The fourth-order valence-electron chi connectivity index (χ4n) is 2.96. The molecule has 2 aromatic rings. The van der Waals surface area contributed by atoms with Crippen LogP contribution in [0.4, 0.5) is 0 Å². The quantitative estimate of drug-likeness (QED) is 0.318. The zero-order valence-electron chi connectivity index (χ0n) is 17.1. The molecule has 0 fully saturated rings. The van der Waals surface area contributed by atoms with Crippen molar-refractivity contribution >= 4 is 39.4 Å². The summed E-state index contributed by atoms with van der Waals surface area (Å²) >= 11 is 0. The molecule has 3 amide bonds. The summed E-state index contributed by atoms with van der Waals surface area (Å²) in [6.07, 6.45) is 2.28. The molecule has 1 aromatic heterocycles. The van der Waals surface area contributed by atoms with Crippen LogP contribution < -0.4 is 9.67 Å². The average molecular weight is 459 g/mol. The van der Waals surface area contributed by atoms with E-state index in [0.717, 1.165) is 30.4 Å². The minimum Gasteiger partial charge on any atom is -0.864 e. The Balaban J connectivity index is 2.09. The van der Waals surface area contributed by atoms with E-state index in [0.29, 0.717) is 0 Å². The lowest BCUT2D eigenvalue weighted by Gasteiger charge is -2.28. The SMILES string of the molecule is COC(=O)c1ccc[n+](C2=C([O-])C(=O)N(N(C(C)=O)S(=O)(=O)c3ccc(C)cc3)C2=O)c1. The normalized spacial score (nSPS) is 14.0. The molecule has 0 spiro atoms. The number of aromatic nitrogens is 1. The number of hydrogen-bond acceptors (Lipinski definition) is 8. The van der Waals surface area contributed by atoms with Crippen LogP contribution in [0.3, 0.4) is 0 Å². The van der Waals surface area contributed by atoms with Gasteiger partial charge in [0.1, 0.15) is 5.56 Å². The van der Waals surface area contributed by atoms with Crippen LogP contribution in [0.2, 0.25) is 0 Å². The Labute approximate surface area is 182 Å². The van der Waals surface area contributed by atoms with Crippen molar-refractivity contribution in [1.82, 2.24) is 9.42 Å². The van der Waals surface area contributed by atoms with Crippen LogP contribution in [0.15, 0.2) is 59.4 Å². The van der Waals surface area contributed by atoms with E-state index < -0.39 is 45.2 Å². The van der Waals surface area contributed by atoms with Crippen molar-refractivity contribution in [3.8, 4) is 0 Å². The number of carbonyl (C=O) groups is 4. The molecule has 1 aromatic carbocycles. The Morgan fingerprint density at radius 3 is 2.28 bits per heavy atom. The molecule has 1 aliphatic rings. The molecular weight excluding hydrogens is 442 g/mol. The van der Waals surface area contributed by atoms with Crippen molar-refractivity contribution in [3.05, 3.63) is 65.7 Å². The molecule has 1 aliphatic heterocycles. The van der Waals surface area contributed by atoms with E-state index in [4.69, 9.17) is 0 Å². The highest BCUT2D eigenvalue weighted by Crippen LogP contribution is 2.25. The summed E-state index contributed by atoms with van der Waals surface area (Å²) in [6, 6.07) is 8.00. The zero-order chi connectivity index (χ0) is 23.8. The molecule has 2 heterocycles. The second-order valence-corrected chi connectivity index (χ2v) is 8.44. The predicted octanol–water partition coefficient (Wildman–Crippen LogP) is -0.881. The van der Waals surface area contributed by atoms with Crippen LogP contribution in [0.25, 0.3) is 5.70 Å². The van der Waals surface area contributed by atoms with Gasteiger partial charge >= 0.3 is 11.9 Å². The average Bonchev–Trinajstić information content (AvgIpc) is 2.96. The summed E-state index contributed by atoms with van der Waals surface area (Å²) in [6.45, 7) is 2.55. The third-order valence-electron chi connectivity index (χ3n) is 4.47. The van der Waals surface area contributed by atoms with Crippen molar-refractivity contribution < 1.29 is 42.0 Å². The number of ether oxygens (including phenoxy) is 1. The van der Waals surface area contributed by atoms with Gasteiger partial charge in [0.2, 0.25) is 0 Å². The smallest absolute Gasteiger partial charge is 0.345 e. The van der Waals surface area contributed by atoms with Crippen LogP contribution in [0.5, 0.6) is 0 Å². The maximum absolute atomic E-state index is 13.1. The number of pyridine rings is 1. The topological polar surface area (TPSA) is 145 Å². The van der Waals surface area contributed by atoms with Crippen LogP contribution >= 0.6 is 0 Å². The molecule has 166 valence electrons. The van der Waals surface area contributed by atoms with Gasteiger partial charge in [0.15, 0.2) is 12.4 Å². The number of hydrazine groups is 1. The number of methoxy groups -OCH3 is 1. The first-order valence-electron chi connectivity index (χ1n) is 9.03. The first kappa shape index (κ1) is 22.6. The fourth-order valence-corrected chi connectivity index (χ4v) is 4.34. The number of rotatable bonds is 5. The molecule has 11 nitrogen and oxygen atoms in total. The first-order chi connectivity index (χ1) is 15.0. The molecule has 0 N–H and O–H groups in total. The number of imide groups is 1. The minimum atomic E-state index is -4.70. The molecule has 0 bridgehead atoms. The number of hydrogen-bond donors (Lipinski definition) is 0. The second-order valence-electron chi connectivity index (χ2n) is 6.67. The second kappa shape index (κ2) is 8.23. The number of benzene rings is 1. The van der Waals surface area contributed by atoms with Crippen LogP contribution in [0, 0.1) is 6.92 Å². The van der Waals surface area contributed by atoms with Gasteiger partial charge in [-0.05, 0) is 25.1 Å². The largest absolute Gasteiger partial charge is 0.864 e. The third-order valence-corrected chi connectivity index (χ3v) is 6.22. The van der Waals surface area contributed by atoms with E-state index in [1.165, 1.54) is 42.6 Å². The van der Waals surface area contributed by atoms with Crippen LogP contribution in [0.1, 0.15) is 22.8 Å². The van der Waals surface area contributed by atoms with E-state index in [2.05, 4.69) is 4.74 Å². The molecule has 0 saturated heterocycles. The lowest BCUT2D eigenvalue weighted by molar-refractivity contribution is -0.581. The van der Waals surface area contributed by atoms with Gasteiger partial charge < -0.3 is 9.84 Å². The van der Waals surface area contributed by atoms with Gasteiger partial charge in [0, 0.05) is 18.7 Å². The van der Waals surface area contributed by atoms with E-state index in [-0.39, 0.29) is 19.9 Å². The zero-order valence-corrected chi connectivity index (χ0v) is 18.0. The third kappa shape index (κ3) is 3.71. The summed E-state index contributed by atoms with van der Waals surface area (Å²) in [4.78, 5) is 49.3. The molecule has 0 aliphatic carbocycles. The predicted molar refractivity (Wildman–Crippen MR) is 104 cm³/mol. The molecule has 0 atom stereocenters. The van der Waals surface area contributed by atoms with Gasteiger partial charge in [-0.1, -0.05) is 17.7 Å². The lowest BCUT2D eigenvalue weighted by Crippen LogP contribution is -2.53. The molecule has 3 rings (SSSR count). The van der Waals surface area contributed by atoms with Crippen molar-refractivity contribution in [2.24, 2.45) is 0 Å². The van der Waals surface area contributed by atoms with Crippen molar-refractivity contribution in [2.45, 2.75) is 18.7 Å². The van der Waals surface area contributed by atoms with Crippen molar-refractivity contribution in [1.29, 1.82) is 0 Å². The van der Waals surface area contributed by atoms with Gasteiger partial charge in [0.05, 0.1) is 12.0 Å². The Kier molecular flexibility index (Phi) is 5.82. The Morgan fingerprint density at radius 2 is 1.72 bits per heavy atom. The molecule has 12 heteroatoms. The summed E-state index contributed by atoms with van der Waals surface area (Å²) in [5.41, 5.74) is -0.0601. The maximum Gasteiger partial charge on any atom is 0.345 e. The van der Waals surface area contributed by atoms with E-state index >= 15 is 0 Å². The van der Waals surface area contributed by atoms with Crippen molar-refractivity contribution in [2.75, 3.05) is 7.11 Å². The van der Waals surface area contributed by atoms with E-state index in [1.807, 2.05) is 0 Å². The summed E-state index contributed by atoms with van der Waals surface area (Å²) < 4.78 is 31.6. The van der Waals surface area contributed by atoms with Gasteiger partial charge in [-0.2, -0.15) is 18.0 Å². The van der Waals surface area contributed by atoms with Gasteiger partial charge in [0.25, 0.3) is 27.5 Å². The Bertz CT molecular complexity index is 1280. The first-order valence-corrected chi connectivity index (χ1v) is 10.5. The molecule has 0 unspecified atom stereocenters. The lowest BCUT2D eigenvalue weighted by atomic mass is 10.2.